The number of hydrogen-bond donors (Lipinski definition) is 1. The van der Waals surface area contributed by atoms with Crippen molar-refractivity contribution in [3.63, 3.8) is 0 Å². The molecule has 2 rings (SSSR count). The van der Waals surface area contributed by atoms with Gasteiger partial charge in [-0.2, -0.15) is 0 Å². The van der Waals surface area contributed by atoms with E-state index in [0.29, 0.717) is 6.04 Å². The minimum absolute atomic E-state index is 0.476. The third kappa shape index (κ3) is 2.76. The number of hydrogen-bond acceptors (Lipinski definition) is 2. The molecule has 0 radical (unpaired) electrons. The molecule has 1 aliphatic rings. The van der Waals surface area contributed by atoms with Crippen molar-refractivity contribution in [3.05, 3.63) is 19.8 Å². The molecule has 1 aliphatic carbocycles. The Morgan fingerprint density at radius 3 is 2.80 bits per heavy atom. The van der Waals surface area contributed by atoms with Gasteiger partial charge in [0.1, 0.15) is 0 Å². The van der Waals surface area contributed by atoms with Crippen LogP contribution in [0.15, 0.2) is 9.85 Å². The lowest BCUT2D eigenvalue weighted by Crippen LogP contribution is -2.22. The molecule has 0 aliphatic heterocycles. The molecule has 0 bridgehead atoms. The van der Waals surface area contributed by atoms with Crippen molar-refractivity contribution in [1.29, 1.82) is 0 Å². The van der Waals surface area contributed by atoms with Crippen LogP contribution in [0.2, 0.25) is 5.02 Å². The Labute approximate surface area is 108 Å². The molecule has 1 nitrogen and oxygen atoms in total. The fourth-order valence-electron chi connectivity index (χ4n) is 1.97. The van der Waals surface area contributed by atoms with Gasteiger partial charge in [0.05, 0.1) is 8.81 Å². The van der Waals surface area contributed by atoms with Crippen molar-refractivity contribution in [2.75, 3.05) is 7.05 Å². The summed E-state index contributed by atoms with van der Waals surface area (Å²) in [4.78, 5) is 1.35. The van der Waals surface area contributed by atoms with Crippen molar-refractivity contribution in [2.45, 2.75) is 31.7 Å². The van der Waals surface area contributed by atoms with Crippen molar-refractivity contribution < 1.29 is 0 Å². The maximum absolute atomic E-state index is 6.05. The lowest BCUT2D eigenvalue weighted by Gasteiger charge is -2.29. The smallest absolute Gasteiger partial charge is 0.0887 e. The van der Waals surface area contributed by atoms with E-state index in [9.17, 15) is 0 Å². The number of rotatable bonds is 4. The summed E-state index contributed by atoms with van der Waals surface area (Å²) in [5, 5.41) is 4.23. The minimum atomic E-state index is 0.476. The maximum atomic E-state index is 6.05. The van der Waals surface area contributed by atoms with Gasteiger partial charge in [0, 0.05) is 10.9 Å². The molecule has 1 atom stereocenters. The Bertz CT molecular complexity index is 316. The molecule has 1 fully saturated rings. The molecule has 0 saturated heterocycles. The van der Waals surface area contributed by atoms with Crippen LogP contribution in [0.1, 0.15) is 36.6 Å². The first-order valence-electron chi connectivity index (χ1n) is 5.32. The molecule has 1 saturated carbocycles. The highest BCUT2D eigenvalue weighted by Crippen LogP contribution is 2.40. The van der Waals surface area contributed by atoms with Gasteiger partial charge in [-0.05, 0) is 41.4 Å². The quantitative estimate of drug-likeness (QED) is 0.856. The molecule has 1 aromatic rings. The number of nitrogens with one attached hydrogen (secondary N) is 1. The van der Waals surface area contributed by atoms with E-state index >= 15 is 0 Å². The van der Waals surface area contributed by atoms with Gasteiger partial charge in [-0.15, -0.1) is 11.3 Å². The average molecular weight is 309 g/mol. The van der Waals surface area contributed by atoms with Crippen LogP contribution in [0.5, 0.6) is 0 Å². The van der Waals surface area contributed by atoms with Crippen LogP contribution in [0, 0.1) is 5.92 Å². The predicted molar refractivity (Wildman–Crippen MR) is 70.8 cm³/mol. The first-order valence-corrected chi connectivity index (χ1v) is 7.31. The van der Waals surface area contributed by atoms with E-state index < -0.39 is 0 Å². The van der Waals surface area contributed by atoms with Gasteiger partial charge < -0.3 is 5.32 Å². The summed E-state index contributed by atoms with van der Waals surface area (Å²) >= 11 is 11.3. The summed E-state index contributed by atoms with van der Waals surface area (Å²) in [6.45, 7) is 0. The van der Waals surface area contributed by atoms with E-state index in [1.54, 1.807) is 11.3 Å². The first kappa shape index (κ1) is 11.9. The number of halogens is 2. The third-order valence-corrected chi connectivity index (χ3v) is 5.74. The van der Waals surface area contributed by atoms with E-state index in [-0.39, 0.29) is 0 Å². The van der Waals surface area contributed by atoms with Crippen molar-refractivity contribution in [3.8, 4) is 0 Å². The van der Waals surface area contributed by atoms with Gasteiger partial charge in [0.15, 0.2) is 0 Å². The fraction of sp³-hybridized carbons (Fsp3) is 0.636. The standard InChI is InChI=1S/C11H15BrClNS/c1-14-9(5-7-3-2-4-7)10-6-8(13)11(12)15-10/h6-7,9,14H,2-5H2,1H3. The molecule has 1 heterocycles. The zero-order chi connectivity index (χ0) is 10.8. The van der Waals surface area contributed by atoms with Crippen LogP contribution in [0.4, 0.5) is 0 Å². The summed E-state index contributed by atoms with van der Waals surface area (Å²) < 4.78 is 1.05. The summed E-state index contributed by atoms with van der Waals surface area (Å²) in [5.74, 6) is 0.919. The largest absolute Gasteiger partial charge is 0.312 e. The fourth-order valence-corrected chi connectivity index (χ4v) is 3.84. The molecular weight excluding hydrogens is 294 g/mol. The second-order valence-corrected chi connectivity index (χ2v) is 6.95. The Hall–Kier alpha value is 0.430. The van der Waals surface area contributed by atoms with E-state index in [4.69, 9.17) is 11.6 Å². The van der Waals surface area contributed by atoms with Crippen LogP contribution >= 0.6 is 38.9 Å². The second-order valence-electron chi connectivity index (χ2n) is 4.14. The van der Waals surface area contributed by atoms with Crippen molar-refractivity contribution in [1.82, 2.24) is 5.32 Å². The van der Waals surface area contributed by atoms with Crippen LogP contribution in [0.25, 0.3) is 0 Å². The van der Waals surface area contributed by atoms with Gasteiger partial charge in [0.25, 0.3) is 0 Å². The highest BCUT2D eigenvalue weighted by Gasteiger charge is 2.23. The van der Waals surface area contributed by atoms with Crippen LogP contribution in [-0.2, 0) is 0 Å². The molecule has 84 valence electrons. The average Bonchev–Trinajstić information content (AvgIpc) is 2.45. The molecular formula is C11H15BrClNS. The molecule has 0 aromatic carbocycles. The molecule has 0 spiro atoms. The molecule has 4 heteroatoms. The zero-order valence-corrected chi connectivity index (χ0v) is 11.9. The van der Waals surface area contributed by atoms with E-state index in [2.05, 4.69) is 27.3 Å². The van der Waals surface area contributed by atoms with Crippen molar-refractivity contribution >= 4 is 38.9 Å². The van der Waals surface area contributed by atoms with Crippen LogP contribution in [-0.4, -0.2) is 7.05 Å². The predicted octanol–water partition coefficient (Wildman–Crippen LogP) is 4.61. The third-order valence-electron chi connectivity index (χ3n) is 3.15. The van der Waals surface area contributed by atoms with Gasteiger partial charge in [-0.25, -0.2) is 0 Å². The normalized spacial score (nSPS) is 18.9. The molecule has 1 aromatic heterocycles. The molecule has 1 unspecified atom stereocenters. The molecule has 15 heavy (non-hydrogen) atoms. The topological polar surface area (TPSA) is 12.0 Å². The Morgan fingerprint density at radius 2 is 2.40 bits per heavy atom. The Morgan fingerprint density at radius 1 is 1.67 bits per heavy atom. The monoisotopic (exact) mass is 307 g/mol. The minimum Gasteiger partial charge on any atom is -0.312 e. The van der Waals surface area contributed by atoms with Crippen molar-refractivity contribution in [2.24, 2.45) is 5.92 Å². The van der Waals surface area contributed by atoms with Gasteiger partial charge in [-0.1, -0.05) is 30.9 Å². The summed E-state index contributed by atoms with van der Waals surface area (Å²) in [7, 11) is 2.03. The van der Waals surface area contributed by atoms with E-state index in [1.165, 1.54) is 30.6 Å². The highest BCUT2D eigenvalue weighted by atomic mass is 79.9. The van der Waals surface area contributed by atoms with Gasteiger partial charge >= 0.3 is 0 Å². The zero-order valence-electron chi connectivity index (χ0n) is 8.72. The molecule has 0 amide bonds. The van der Waals surface area contributed by atoms with Gasteiger partial charge in [0.2, 0.25) is 0 Å². The first-order chi connectivity index (χ1) is 7.20. The van der Waals surface area contributed by atoms with E-state index in [1.807, 2.05) is 7.05 Å². The Balaban J connectivity index is 2.04. The molecule has 1 N–H and O–H groups in total. The van der Waals surface area contributed by atoms with Crippen LogP contribution in [0.3, 0.4) is 0 Å². The van der Waals surface area contributed by atoms with Gasteiger partial charge in [-0.3, -0.25) is 0 Å². The Kier molecular flexibility index (Phi) is 4.10. The lowest BCUT2D eigenvalue weighted by molar-refractivity contribution is 0.267. The summed E-state index contributed by atoms with van der Waals surface area (Å²) in [6, 6.07) is 2.56. The maximum Gasteiger partial charge on any atom is 0.0887 e. The summed E-state index contributed by atoms with van der Waals surface area (Å²) in [6.07, 6.45) is 5.46. The highest BCUT2D eigenvalue weighted by molar-refractivity contribution is 9.11. The summed E-state index contributed by atoms with van der Waals surface area (Å²) in [5.41, 5.74) is 0. The SMILES string of the molecule is CNC(CC1CCC1)c1cc(Cl)c(Br)s1. The van der Waals surface area contributed by atoms with E-state index in [0.717, 1.165) is 14.7 Å². The number of thiophene rings is 1. The van der Waals surface area contributed by atoms with Crippen LogP contribution < -0.4 is 5.32 Å². The lowest BCUT2D eigenvalue weighted by atomic mass is 9.80. The second kappa shape index (κ2) is 5.17.